The summed E-state index contributed by atoms with van der Waals surface area (Å²) in [5.74, 6) is 0.000729. The van der Waals surface area contributed by atoms with Crippen molar-refractivity contribution in [3.8, 4) is 16.9 Å². The van der Waals surface area contributed by atoms with E-state index in [-0.39, 0.29) is 30.0 Å². The van der Waals surface area contributed by atoms with Gasteiger partial charge in [-0.2, -0.15) is 0 Å². The maximum absolute atomic E-state index is 14.0. The van der Waals surface area contributed by atoms with Gasteiger partial charge in [-0.25, -0.2) is 9.38 Å². The SMILES string of the molecule is COC1CCC2[C@@H](C1)Oc1ccc(-c3cc(F)cc(Cl)c3)cc1C21N=C(N)N(C)C1=O. The lowest BCUT2D eigenvalue weighted by Crippen LogP contribution is -2.55. The predicted molar refractivity (Wildman–Crippen MR) is 115 cm³/mol. The molecule has 2 aromatic rings. The Hall–Kier alpha value is -2.64. The molecule has 4 atom stereocenters. The number of ether oxygens (including phenoxy) is 2. The molecule has 31 heavy (non-hydrogen) atoms. The van der Waals surface area contributed by atoms with Gasteiger partial charge >= 0.3 is 0 Å². The molecule has 1 amide bonds. The number of carbonyl (C=O) groups is 1. The van der Waals surface area contributed by atoms with E-state index in [0.717, 1.165) is 18.4 Å². The number of nitrogens with two attached hydrogens (primary N) is 1. The highest BCUT2D eigenvalue weighted by atomic mass is 35.5. The first kappa shape index (κ1) is 20.3. The third-order valence-corrected chi connectivity index (χ3v) is 6.96. The van der Waals surface area contributed by atoms with Crippen LogP contribution in [0.5, 0.6) is 5.75 Å². The van der Waals surface area contributed by atoms with Gasteiger partial charge in [-0.3, -0.25) is 9.69 Å². The van der Waals surface area contributed by atoms with Crippen LogP contribution in [0.25, 0.3) is 11.1 Å². The minimum atomic E-state index is -1.16. The monoisotopic (exact) mass is 443 g/mol. The molecular weight excluding hydrogens is 421 g/mol. The Morgan fingerprint density at radius 1 is 1.26 bits per heavy atom. The summed E-state index contributed by atoms with van der Waals surface area (Å²) >= 11 is 6.07. The van der Waals surface area contributed by atoms with Crippen molar-refractivity contribution in [3.63, 3.8) is 0 Å². The Kier molecular flexibility index (Phi) is 4.71. The van der Waals surface area contributed by atoms with Gasteiger partial charge in [0.15, 0.2) is 11.5 Å². The topological polar surface area (TPSA) is 77.2 Å². The maximum atomic E-state index is 14.0. The number of aliphatic imine (C=N–C) groups is 1. The van der Waals surface area contributed by atoms with Gasteiger partial charge in [0.25, 0.3) is 5.91 Å². The number of amides is 1. The number of nitrogens with zero attached hydrogens (tertiary/aromatic N) is 2. The van der Waals surface area contributed by atoms with Crippen LogP contribution in [0.3, 0.4) is 0 Å². The fourth-order valence-electron chi connectivity index (χ4n) is 5.19. The summed E-state index contributed by atoms with van der Waals surface area (Å²) in [7, 11) is 3.33. The predicted octanol–water partition coefficient (Wildman–Crippen LogP) is 3.70. The molecule has 0 bridgehead atoms. The number of guanidine groups is 1. The van der Waals surface area contributed by atoms with Crippen molar-refractivity contribution >= 4 is 23.5 Å². The molecular formula is C23H23ClFN3O3. The second kappa shape index (κ2) is 7.21. The Bertz CT molecular complexity index is 1090. The molecule has 2 heterocycles. The van der Waals surface area contributed by atoms with Crippen LogP contribution < -0.4 is 10.5 Å². The van der Waals surface area contributed by atoms with Crippen molar-refractivity contribution in [3.05, 3.63) is 52.8 Å². The largest absolute Gasteiger partial charge is 0.490 e. The lowest BCUT2D eigenvalue weighted by molar-refractivity contribution is -0.138. The van der Waals surface area contributed by atoms with Gasteiger partial charge in [-0.05, 0) is 54.3 Å². The van der Waals surface area contributed by atoms with Crippen LogP contribution in [-0.4, -0.2) is 43.1 Å². The van der Waals surface area contributed by atoms with E-state index in [9.17, 15) is 9.18 Å². The van der Waals surface area contributed by atoms with Crippen LogP contribution in [0.2, 0.25) is 5.02 Å². The third kappa shape index (κ3) is 3.02. The normalized spacial score (nSPS) is 29.4. The van der Waals surface area contributed by atoms with Crippen LogP contribution in [0, 0.1) is 11.7 Å². The van der Waals surface area contributed by atoms with E-state index in [1.807, 2.05) is 18.2 Å². The molecule has 8 heteroatoms. The zero-order valence-electron chi connectivity index (χ0n) is 17.3. The Morgan fingerprint density at radius 2 is 2.06 bits per heavy atom. The van der Waals surface area contributed by atoms with Gasteiger partial charge in [-0.15, -0.1) is 0 Å². The first-order valence-electron chi connectivity index (χ1n) is 10.3. The van der Waals surface area contributed by atoms with Gasteiger partial charge < -0.3 is 15.2 Å². The summed E-state index contributed by atoms with van der Waals surface area (Å²) in [5.41, 5.74) is 6.95. The minimum Gasteiger partial charge on any atom is -0.490 e. The molecule has 0 saturated heterocycles. The van der Waals surface area contributed by atoms with E-state index in [1.54, 1.807) is 20.2 Å². The lowest BCUT2D eigenvalue weighted by atomic mass is 9.66. The smallest absolute Gasteiger partial charge is 0.262 e. The summed E-state index contributed by atoms with van der Waals surface area (Å²) in [4.78, 5) is 19.7. The van der Waals surface area contributed by atoms with Crippen LogP contribution >= 0.6 is 11.6 Å². The van der Waals surface area contributed by atoms with Gasteiger partial charge in [0.2, 0.25) is 0 Å². The van der Waals surface area contributed by atoms with Crippen LogP contribution in [0.1, 0.15) is 24.8 Å². The van der Waals surface area contributed by atoms with Crippen molar-refractivity contribution in [1.29, 1.82) is 0 Å². The second-order valence-corrected chi connectivity index (χ2v) is 8.84. The summed E-state index contributed by atoms with van der Waals surface area (Å²) in [6, 6.07) is 9.87. The molecule has 6 nitrogen and oxygen atoms in total. The number of methoxy groups -OCH3 is 1. The number of likely N-dealkylation sites (N-methyl/N-ethyl adjacent to an activating group) is 1. The van der Waals surface area contributed by atoms with Gasteiger partial charge in [0.1, 0.15) is 17.7 Å². The summed E-state index contributed by atoms with van der Waals surface area (Å²) in [6.07, 6.45) is 2.06. The molecule has 0 aromatic heterocycles. The van der Waals surface area contributed by atoms with Crippen LogP contribution in [-0.2, 0) is 15.1 Å². The van der Waals surface area contributed by atoms with E-state index < -0.39 is 11.4 Å². The number of benzene rings is 2. The van der Waals surface area contributed by atoms with Crippen molar-refractivity contribution in [2.24, 2.45) is 16.6 Å². The molecule has 2 aromatic carbocycles. The van der Waals surface area contributed by atoms with Gasteiger partial charge in [-0.1, -0.05) is 17.7 Å². The quantitative estimate of drug-likeness (QED) is 0.767. The molecule has 1 aliphatic carbocycles. The van der Waals surface area contributed by atoms with E-state index in [1.165, 1.54) is 17.0 Å². The fourth-order valence-corrected chi connectivity index (χ4v) is 5.41. The molecule has 2 aliphatic heterocycles. The van der Waals surface area contributed by atoms with E-state index in [4.69, 9.17) is 31.8 Å². The van der Waals surface area contributed by atoms with Gasteiger partial charge in [0.05, 0.1) is 6.10 Å². The average Bonchev–Trinajstić information content (AvgIpc) is 2.97. The van der Waals surface area contributed by atoms with E-state index in [2.05, 4.69) is 0 Å². The summed E-state index contributed by atoms with van der Waals surface area (Å²) in [6.45, 7) is 0. The summed E-state index contributed by atoms with van der Waals surface area (Å²) in [5, 5.41) is 0.301. The number of carbonyl (C=O) groups excluding carboxylic acids is 1. The number of rotatable bonds is 2. The highest BCUT2D eigenvalue weighted by Gasteiger charge is 2.60. The zero-order valence-corrected chi connectivity index (χ0v) is 18.0. The molecule has 5 rings (SSSR count). The van der Waals surface area contributed by atoms with Gasteiger partial charge in [0, 0.05) is 37.1 Å². The molecule has 2 N–H and O–H groups in total. The van der Waals surface area contributed by atoms with E-state index in [0.29, 0.717) is 28.3 Å². The van der Waals surface area contributed by atoms with Crippen LogP contribution in [0.4, 0.5) is 4.39 Å². The van der Waals surface area contributed by atoms with E-state index >= 15 is 0 Å². The van der Waals surface area contributed by atoms with Crippen LogP contribution in [0.15, 0.2) is 41.4 Å². The molecule has 3 unspecified atom stereocenters. The highest BCUT2D eigenvalue weighted by molar-refractivity contribution is 6.30. The lowest BCUT2D eigenvalue weighted by Gasteiger charge is -2.47. The first-order chi connectivity index (χ1) is 14.8. The van der Waals surface area contributed by atoms with Crippen molar-refractivity contribution in [2.75, 3.05) is 14.2 Å². The molecule has 3 aliphatic rings. The molecule has 162 valence electrons. The minimum absolute atomic E-state index is 0.0733. The average molecular weight is 444 g/mol. The zero-order chi connectivity index (χ0) is 21.9. The number of fused-ring (bicyclic) bond motifs is 4. The van der Waals surface area contributed by atoms with Crippen molar-refractivity contribution < 1.29 is 18.7 Å². The number of hydrogen-bond donors (Lipinski definition) is 1. The number of hydrogen-bond acceptors (Lipinski definition) is 5. The summed E-state index contributed by atoms with van der Waals surface area (Å²) < 4.78 is 25.9. The molecule has 0 radical (unpaired) electrons. The Morgan fingerprint density at radius 3 is 2.74 bits per heavy atom. The van der Waals surface area contributed by atoms with Crippen molar-refractivity contribution in [2.45, 2.75) is 37.0 Å². The second-order valence-electron chi connectivity index (χ2n) is 8.40. The molecule has 1 saturated carbocycles. The number of halogens is 2. The Labute approximate surface area is 184 Å². The van der Waals surface area contributed by atoms with Crippen molar-refractivity contribution in [1.82, 2.24) is 4.90 Å². The Balaban J connectivity index is 1.69. The molecule has 1 spiro atoms. The molecule has 1 fully saturated rings. The first-order valence-corrected chi connectivity index (χ1v) is 10.6. The third-order valence-electron chi connectivity index (χ3n) is 6.74. The standard InChI is InChI=1S/C23H23ClFN3O3/c1-28-21(29)23(27-22(28)26)17-5-4-16(30-2)11-20(17)31-19-6-3-12(9-18(19)23)13-7-14(24)10-15(25)8-13/h3,6-10,16-17,20H,4-5,11H2,1-2H3,(H2,26,27)/t16?,17?,20-,23?/m1/s1. The highest BCUT2D eigenvalue weighted by Crippen LogP contribution is 2.54. The maximum Gasteiger partial charge on any atom is 0.262 e. The fraction of sp³-hybridized carbons (Fsp3) is 0.391.